The molecule has 0 aliphatic heterocycles. The van der Waals surface area contributed by atoms with Gasteiger partial charge in [-0.1, -0.05) is 30.8 Å². The molecule has 0 aliphatic carbocycles. The molecule has 0 unspecified atom stereocenters. The SMILES string of the molecule is C=CC(=O)Oc1ccc(-c2ccc(C)c(O)c2)cc1. The Kier molecular flexibility index (Phi) is 3.66. The fourth-order valence-electron chi connectivity index (χ4n) is 1.66. The molecule has 0 atom stereocenters. The van der Waals surface area contributed by atoms with Crippen molar-refractivity contribution >= 4 is 5.97 Å². The monoisotopic (exact) mass is 254 g/mol. The standard InChI is InChI=1S/C16H14O3/c1-3-16(18)19-14-8-6-12(7-9-14)13-5-4-11(2)15(17)10-13/h3-10,17H,1H2,2H3. The molecule has 2 aromatic carbocycles. The van der Waals surface area contributed by atoms with Crippen molar-refractivity contribution in [2.45, 2.75) is 6.92 Å². The molecule has 1 N–H and O–H groups in total. The second kappa shape index (κ2) is 5.40. The summed E-state index contributed by atoms with van der Waals surface area (Å²) in [6, 6.07) is 12.6. The summed E-state index contributed by atoms with van der Waals surface area (Å²) in [7, 11) is 0. The van der Waals surface area contributed by atoms with Crippen LogP contribution < -0.4 is 4.74 Å². The first kappa shape index (κ1) is 12.9. The molecular formula is C16H14O3. The molecule has 0 radical (unpaired) electrons. The number of aryl methyl sites for hydroxylation is 1. The smallest absolute Gasteiger partial charge is 0.335 e. The van der Waals surface area contributed by atoms with E-state index in [1.807, 2.05) is 31.2 Å². The Morgan fingerprint density at radius 1 is 1.16 bits per heavy atom. The van der Waals surface area contributed by atoms with Crippen molar-refractivity contribution in [3.63, 3.8) is 0 Å². The second-order valence-electron chi connectivity index (χ2n) is 4.15. The van der Waals surface area contributed by atoms with Gasteiger partial charge < -0.3 is 9.84 Å². The molecule has 19 heavy (non-hydrogen) atoms. The number of rotatable bonds is 3. The van der Waals surface area contributed by atoms with Crippen LogP contribution in [0.2, 0.25) is 0 Å². The molecule has 3 nitrogen and oxygen atoms in total. The fourth-order valence-corrected chi connectivity index (χ4v) is 1.66. The number of hydrogen-bond donors (Lipinski definition) is 1. The highest BCUT2D eigenvalue weighted by atomic mass is 16.5. The lowest BCUT2D eigenvalue weighted by Crippen LogP contribution is -2.02. The number of benzene rings is 2. The van der Waals surface area contributed by atoms with Crippen LogP contribution in [0.3, 0.4) is 0 Å². The molecule has 0 saturated carbocycles. The maximum Gasteiger partial charge on any atom is 0.335 e. The van der Waals surface area contributed by atoms with E-state index in [-0.39, 0.29) is 5.75 Å². The van der Waals surface area contributed by atoms with Gasteiger partial charge in [0, 0.05) is 6.08 Å². The average molecular weight is 254 g/mol. The third-order valence-electron chi connectivity index (χ3n) is 2.78. The predicted octanol–water partition coefficient (Wildman–Crippen LogP) is 3.46. The predicted molar refractivity (Wildman–Crippen MR) is 74.1 cm³/mol. The van der Waals surface area contributed by atoms with Crippen LogP contribution in [0, 0.1) is 6.92 Å². The first-order valence-electron chi connectivity index (χ1n) is 5.84. The van der Waals surface area contributed by atoms with Gasteiger partial charge in [0.05, 0.1) is 0 Å². The third kappa shape index (κ3) is 3.01. The van der Waals surface area contributed by atoms with Gasteiger partial charge in [0.1, 0.15) is 11.5 Å². The fraction of sp³-hybridized carbons (Fsp3) is 0.0625. The number of phenolic OH excluding ortho intramolecular Hbond substituents is 1. The zero-order valence-corrected chi connectivity index (χ0v) is 10.6. The Hall–Kier alpha value is -2.55. The van der Waals surface area contributed by atoms with Gasteiger partial charge in [0.15, 0.2) is 0 Å². The maximum absolute atomic E-state index is 11.0. The Morgan fingerprint density at radius 3 is 2.37 bits per heavy atom. The minimum atomic E-state index is -0.485. The second-order valence-corrected chi connectivity index (χ2v) is 4.15. The lowest BCUT2D eigenvalue weighted by molar-refractivity contribution is -0.128. The molecule has 0 saturated heterocycles. The van der Waals surface area contributed by atoms with Crippen LogP contribution in [0.1, 0.15) is 5.56 Å². The summed E-state index contributed by atoms with van der Waals surface area (Å²) >= 11 is 0. The normalized spacial score (nSPS) is 9.95. The minimum Gasteiger partial charge on any atom is -0.508 e. The van der Waals surface area contributed by atoms with E-state index in [4.69, 9.17) is 4.74 Å². The summed E-state index contributed by atoms with van der Waals surface area (Å²) in [4.78, 5) is 11.0. The molecule has 0 bridgehead atoms. The highest BCUT2D eigenvalue weighted by molar-refractivity contribution is 5.83. The van der Waals surface area contributed by atoms with E-state index in [9.17, 15) is 9.90 Å². The molecule has 96 valence electrons. The van der Waals surface area contributed by atoms with Gasteiger partial charge in [-0.25, -0.2) is 4.79 Å². The Labute approximate surface area is 111 Å². The molecular weight excluding hydrogens is 240 g/mol. The summed E-state index contributed by atoms with van der Waals surface area (Å²) in [5, 5.41) is 9.69. The summed E-state index contributed by atoms with van der Waals surface area (Å²) in [6.07, 6.45) is 1.12. The minimum absolute atomic E-state index is 0.264. The number of hydrogen-bond acceptors (Lipinski definition) is 3. The van der Waals surface area contributed by atoms with E-state index in [0.717, 1.165) is 22.8 Å². The van der Waals surface area contributed by atoms with E-state index in [0.29, 0.717) is 5.75 Å². The lowest BCUT2D eigenvalue weighted by atomic mass is 10.0. The molecule has 2 rings (SSSR count). The maximum atomic E-state index is 11.0. The third-order valence-corrected chi connectivity index (χ3v) is 2.78. The summed E-state index contributed by atoms with van der Waals surface area (Å²) in [5.41, 5.74) is 2.68. The topological polar surface area (TPSA) is 46.5 Å². The van der Waals surface area contributed by atoms with Crippen molar-refractivity contribution in [1.82, 2.24) is 0 Å². The summed E-state index contributed by atoms with van der Waals surface area (Å²) in [6.45, 7) is 5.18. The number of carbonyl (C=O) groups excluding carboxylic acids is 1. The van der Waals surface area contributed by atoms with Crippen LogP contribution in [-0.4, -0.2) is 11.1 Å². The first-order valence-corrected chi connectivity index (χ1v) is 5.84. The molecule has 0 heterocycles. The van der Waals surface area contributed by atoms with Gasteiger partial charge in [-0.2, -0.15) is 0 Å². The van der Waals surface area contributed by atoms with E-state index in [1.54, 1.807) is 18.2 Å². The summed E-state index contributed by atoms with van der Waals surface area (Å²) in [5.74, 6) is 0.241. The van der Waals surface area contributed by atoms with Crippen LogP contribution >= 0.6 is 0 Å². The number of ether oxygens (including phenoxy) is 1. The van der Waals surface area contributed by atoms with E-state index >= 15 is 0 Å². The molecule has 0 amide bonds. The van der Waals surface area contributed by atoms with Gasteiger partial charge in [0.2, 0.25) is 0 Å². The van der Waals surface area contributed by atoms with E-state index < -0.39 is 5.97 Å². The van der Waals surface area contributed by atoms with Crippen LogP contribution in [0.25, 0.3) is 11.1 Å². The van der Waals surface area contributed by atoms with Crippen molar-refractivity contribution in [2.75, 3.05) is 0 Å². The average Bonchev–Trinajstić information content (AvgIpc) is 2.42. The van der Waals surface area contributed by atoms with Gasteiger partial charge in [-0.3, -0.25) is 0 Å². The number of carbonyl (C=O) groups is 1. The molecule has 0 fully saturated rings. The Morgan fingerprint density at radius 2 is 1.79 bits per heavy atom. The van der Waals surface area contributed by atoms with Crippen LogP contribution in [0.15, 0.2) is 55.1 Å². The number of esters is 1. The number of aromatic hydroxyl groups is 1. The highest BCUT2D eigenvalue weighted by Gasteiger charge is 2.03. The zero-order valence-electron chi connectivity index (χ0n) is 10.6. The van der Waals surface area contributed by atoms with Crippen molar-refractivity contribution < 1.29 is 14.6 Å². The highest BCUT2D eigenvalue weighted by Crippen LogP contribution is 2.27. The quantitative estimate of drug-likeness (QED) is 0.518. The molecule has 3 heteroatoms. The van der Waals surface area contributed by atoms with E-state index in [1.165, 1.54) is 0 Å². The molecule has 2 aromatic rings. The van der Waals surface area contributed by atoms with Gasteiger partial charge in [-0.15, -0.1) is 0 Å². The Balaban J connectivity index is 2.24. The first-order chi connectivity index (χ1) is 9.10. The van der Waals surface area contributed by atoms with Crippen LogP contribution in [0.4, 0.5) is 0 Å². The van der Waals surface area contributed by atoms with Crippen molar-refractivity contribution in [2.24, 2.45) is 0 Å². The summed E-state index contributed by atoms with van der Waals surface area (Å²) < 4.78 is 4.99. The molecule has 0 aliphatic rings. The number of phenols is 1. The van der Waals surface area contributed by atoms with E-state index in [2.05, 4.69) is 6.58 Å². The van der Waals surface area contributed by atoms with Crippen molar-refractivity contribution in [3.05, 3.63) is 60.7 Å². The van der Waals surface area contributed by atoms with Crippen LogP contribution in [0.5, 0.6) is 11.5 Å². The van der Waals surface area contributed by atoms with Gasteiger partial charge in [0.25, 0.3) is 0 Å². The lowest BCUT2D eigenvalue weighted by Gasteiger charge is -2.06. The van der Waals surface area contributed by atoms with Crippen molar-refractivity contribution in [3.8, 4) is 22.6 Å². The Bertz CT molecular complexity index is 612. The van der Waals surface area contributed by atoms with Gasteiger partial charge >= 0.3 is 5.97 Å². The van der Waals surface area contributed by atoms with Gasteiger partial charge in [-0.05, 0) is 41.8 Å². The van der Waals surface area contributed by atoms with Crippen LogP contribution in [-0.2, 0) is 4.79 Å². The van der Waals surface area contributed by atoms with Crippen molar-refractivity contribution in [1.29, 1.82) is 0 Å². The largest absolute Gasteiger partial charge is 0.508 e. The molecule has 0 aromatic heterocycles. The molecule has 0 spiro atoms. The zero-order chi connectivity index (χ0) is 13.8.